The summed E-state index contributed by atoms with van der Waals surface area (Å²) in [4.78, 5) is 11.0. The molecule has 2 aromatic rings. The van der Waals surface area contributed by atoms with E-state index < -0.39 is 0 Å². The van der Waals surface area contributed by atoms with Crippen molar-refractivity contribution in [2.45, 2.75) is 20.3 Å². The van der Waals surface area contributed by atoms with Gasteiger partial charge < -0.3 is 5.32 Å². The Morgan fingerprint density at radius 3 is 2.80 bits per heavy atom. The second-order valence-corrected chi connectivity index (χ2v) is 3.80. The van der Waals surface area contributed by atoms with Gasteiger partial charge in [-0.25, -0.2) is 0 Å². The predicted octanol–water partition coefficient (Wildman–Crippen LogP) is 2.21. The molecule has 0 fully saturated rings. The normalized spacial score (nSPS) is 10.5. The van der Waals surface area contributed by atoms with Gasteiger partial charge in [-0.15, -0.1) is 0 Å². The third-order valence-electron chi connectivity index (χ3n) is 2.19. The number of nitrogens with zero attached hydrogens (tertiary/aromatic N) is 2. The van der Waals surface area contributed by atoms with Crippen LogP contribution in [-0.4, -0.2) is 14.7 Å². The predicted molar refractivity (Wildman–Crippen MR) is 61.1 cm³/mol. The maximum absolute atomic E-state index is 11.0. The molecule has 78 valence electrons. The van der Waals surface area contributed by atoms with E-state index in [2.05, 4.69) is 21.0 Å². The van der Waals surface area contributed by atoms with E-state index in [1.165, 1.54) is 18.7 Å². The first-order valence-corrected chi connectivity index (χ1v) is 5.47. The molecule has 1 aromatic carbocycles. The first-order valence-electron chi connectivity index (χ1n) is 4.74. The van der Waals surface area contributed by atoms with E-state index in [0.717, 1.165) is 28.7 Å². The zero-order valence-corrected chi connectivity index (χ0v) is 9.39. The first-order chi connectivity index (χ1) is 7.22. The quantitative estimate of drug-likeness (QED) is 0.845. The summed E-state index contributed by atoms with van der Waals surface area (Å²) in [6.45, 7) is 3.56. The highest BCUT2D eigenvalue weighted by Crippen LogP contribution is 2.25. The summed E-state index contributed by atoms with van der Waals surface area (Å²) >= 11 is 1.17. The summed E-state index contributed by atoms with van der Waals surface area (Å²) in [5.74, 6) is -0.0893. The lowest BCUT2D eigenvalue weighted by Gasteiger charge is -2.04. The standard InChI is InChI=1S/C10H11N3OS/c1-3-7-4-5-8(11-6(2)14)10-9(7)12-15-13-10/h4-5H,3H2,1-2H3,(H,11,14). The minimum atomic E-state index is -0.0893. The zero-order chi connectivity index (χ0) is 10.8. The fourth-order valence-corrected chi connectivity index (χ4v) is 2.09. The number of hydrogen-bond acceptors (Lipinski definition) is 4. The summed E-state index contributed by atoms with van der Waals surface area (Å²) in [5, 5.41) is 2.75. The van der Waals surface area contributed by atoms with Crippen LogP contribution in [0.5, 0.6) is 0 Å². The highest BCUT2D eigenvalue weighted by atomic mass is 32.1. The van der Waals surface area contributed by atoms with Crippen molar-refractivity contribution in [3.05, 3.63) is 17.7 Å². The summed E-state index contributed by atoms with van der Waals surface area (Å²) in [5.41, 5.74) is 3.58. The second kappa shape index (κ2) is 3.94. The number of fused-ring (bicyclic) bond motifs is 1. The molecule has 1 aromatic heterocycles. The lowest BCUT2D eigenvalue weighted by molar-refractivity contribution is -0.114. The Labute approximate surface area is 91.6 Å². The Morgan fingerprint density at radius 1 is 1.40 bits per heavy atom. The van der Waals surface area contributed by atoms with Gasteiger partial charge in [-0.2, -0.15) is 8.75 Å². The Balaban J connectivity index is 2.58. The molecule has 2 rings (SSSR count). The van der Waals surface area contributed by atoms with Gasteiger partial charge in [0.1, 0.15) is 11.0 Å². The van der Waals surface area contributed by atoms with Gasteiger partial charge in [0.15, 0.2) is 0 Å². The summed E-state index contributed by atoms with van der Waals surface area (Å²) in [6, 6.07) is 3.86. The molecule has 0 radical (unpaired) electrons. The van der Waals surface area contributed by atoms with Gasteiger partial charge in [0.25, 0.3) is 0 Å². The molecule has 0 aliphatic carbocycles. The Bertz CT molecular complexity index is 506. The number of amides is 1. The van der Waals surface area contributed by atoms with Crippen LogP contribution in [0, 0.1) is 0 Å². The molecule has 5 heteroatoms. The number of rotatable bonds is 2. The molecular formula is C10H11N3OS. The van der Waals surface area contributed by atoms with E-state index in [9.17, 15) is 4.79 Å². The molecule has 0 aliphatic heterocycles. The number of aryl methyl sites for hydroxylation is 1. The maximum Gasteiger partial charge on any atom is 0.221 e. The van der Waals surface area contributed by atoms with Crippen molar-refractivity contribution in [3.63, 3.8) is 0 Å². The third kappa shape index (κ3) is 1.83. The van der Waals surface area contributed by atoms with E-state index in [4.69, 9.17) is 0 Å². The lowest BCUT2D eigenvalue weighted by atomic mass is 10.1. The van der Waals surface area contributed by atoms with Crippen molar-refractivity contribution in [1.82, 2.24) is 8.75 Å². The molecule has 0 aliphatic rings. The molecule has 0 atom stereocenters. The molecule has 0 unspecified atom stereocenters. The van der Waals surface area contributed by atoms with Crippen LogP contribution >= 0.6 is 11.7 Å². The number of carbonyl (C=O) groups is 1. The molecule has 15 heavy (non-hydrogen) atoms. The minimum absolute atomic E-state index is 0.0893. The van der Waals surface area contributed by atoms with Gasteiger partial charge in [-0.05, 0) is 18.1 Å². The van der Waals surface area contributed by atoms with Gasteiger partial charge in [0.2, 0.25) is 5.91 Å². The molecule has 0 saturated carbocycles. The summed E-state index contributed by atoms with van der Waals surface area (Å²) in [6.07, 6.45) is 0.919. The van der Waals surface area contributed by atoms with Gasteiger partial charge in [0.05, 0.1) is 17.4 Å². The molecule has 0 saturated heterocycles. The summed E-state index contributed by atoms with van der Waals surface area (Å²) < 4.78 is 8.43. The molecular weight excluding hydrogens is 210 g/mol. The lowest BCUT2D eigenvalue weighted by Crippen LogP contribution is -2.06. The SMILES string of the molecule is CCc1ccc(NC(C)=O)c2nsnc12. The van der Waals surface area contributed by atoms with Gasteiger partial charge in [-0.3, -0.25) is 4.79 Å². The van der Waals surface area contributed by atoms with E-state index in [0.29, 0.717) is 0 Å². The average Bonchev–Trinajstić information content (AvgIpc) is 2.66. The molecule has 1 N–H and O–H groups in total. The van der Waals surface area contributed by atoms with Gasteiger partial charge in [0, 0.05) is 6.92 Å². The largest absolute Gasteiger partial charge is 0.324 e. The van der Waals surface area contributed by atoms with E-state index in [1.807, 2.05) is 12.1 Å². The highest BCUT2D eigenvalue weighted by molar-refractivity contribution is 7.00. The van der Waals surface area contributed by atoms with Crippen molar-refractivity contribution in [3.8, 4) is 0 Å². The molecule has 0 bridgehead atoms. The van der Waals surface area contributed by atoms with Crippen LogP contribution in [0.15, 0.2) is 12.1 Å². The second-order valence-electron chi connectivity index (χ2n) is 3.27. The maximum atomic E-state index is 11.0. The van der Waals surface area contributed by atoms with Gasteiger partial charge >= 0.3 is 0 Å². The van der Waals surface area contributed by atoms with Crippen LogP contribution < -0.4 is 5.32 Å². The smallest absolute Gasteiger partial charge is 0.221 e. The van der Waals surface area contributed by atoms with Crippen LogP contribution in [0.3, 0.4) is 0 Å². The molecule has 1 amide bonds. The zero-order valence-electron chi connectivity index (χ0n) is 8.57. The fourth-order valence-electron chi connectivity index (χ4n) is 1.49. The van der Waals surface area contributed by atoms with Crippen LogP contribution in [0.25, 0.3) is 11.0 Å². The fraction of sp³-hybridized carbons (Fsp3) is 0.300. The van der Waals surface area contributed by atoms with Crippen molar-refractivity contribution in [2.75, 3.05) is 5.32 Å². The van der Waals surface area contributed by atoms with Crippen molar-refractivity contribution < 1.29 is 4.79 Å². The number of nitrogens with one attached hydrogen (secondary N) is 1. The number of carbonyl (C=O) groups excluding carboxylic acids is 1. The number of benzene rings is 1. The summed E-state index contributed by atoms with van der Waals surface area (Å²) in [7, 11) is 0. The van der Waals surface area contributed by atoms with E-state index in [1.54, 1.807) is 0 Å². The van der Waals surface area contributed by atoms with Crippen LogP contribution in [-0.2, 0) is 11.2 Å². The number of hydrogen-bond donors (Lipinski definition) is 1. The molecule has 1 heterocycles. The van der Waals surface area contributed by atoms with Crippen LogP contribution in [0.4, 0.5) is 5.69 Å². The monoisotopic (exact) mass is 221 g/mol. The molecule has 4 nitrogen and oxygen atoms in total. The minimum Gasteiger partial charge on any atom is -0.324 e. The van der Waals surface area contributed by atoms with Crippen molar-refractivity contribution in [1.29, 1.82) is 0 Å². The Hall–Kier alpha value is -1.49. The van der Waals surface area contributed by atoms with E-state index in [-0.39, 0.29) is 5.91 Å². The first kappa shape index (κ1) is 10.0. The van der Waals surface area contributed by atoms with Crippen LogP contribution in [0.2, 0.25) is 0 Å². The van der Waals surface area contributed by atoms with Gasteiger partial charge in [-0.1, -0.05) is 13.0 Å². The average molecular weight is 221 g/mol. The Morgan fingerprint density at radius 2 is 2.13 bits per heavy atom. The van der Waals surface area contributed by atoms with E-state index >= 15 is 0 Å². The highest BCUT2D eigenvalue weighted by Gasteiger charge is 2.09. The topological polar surface area (TPSA) is 54.9 Å². The third-order valence-corrected chi connectivity index (χ3v) is 2.72. The van der Waals surface area contributed by atoms with Crippen molar-refractivity contribution in [2.24, 2.45) is 0 Å². The number of aromatic nitrogens is 2. The molecule has 0 spiro atoms. The number of anilines is 1. The van der Waals surface area contributed by atoms with Crippen LogP contribution in [0.1, 0.15) is 19.4 Å². The van der Waals surface area contributed by atoms with Crippen molar-refractivity contribution >= 4 is 34.4 Å². The Kier molecular flexibility index (Phi) is 2.64.